The normalized spacial score (nSPS) is 14.5. The van der Waals surface area contributed by atoms with Gasteiger partial charge in [0.15, 0.2) is 12.2 Å². The summed E-state index contributed by atoms with van der Waals surface area (Å²) in [5.41, 5.74) is 0. The molecule has 3 unspecified atom stereocenters. The minimum absolute atomic E-state index is 0.0834. The molecule has 5 atom stereocenters. The zero-order valence-electron chi connectivity index (χ0n) is 53.8. The van der Waals surface area contributed by atoms with E-state index in [2.05, 4.69) is 72.8 Å². The van der Waals surface area contributed by atoms with E-state index < -0.39 is 97.5 Å². The zero-order valence-corrected chi connectivity index (χ0v) is 55.6. The average Bonchev–Trinajstić information content (AvgIpc) is 3.54. The van der Waals surface area contributed by atoms with Gasteiger partial charge in [0.25, 0.3) is 0 Å². The number of aliphatic hydroxyl groups excluding tert-OH is 1. The van der Waals surface area contributed by atoms with Gasteiger partial charge in [-0.25, -0.2) is 9.13 Å². The first kappa shape index (κ1) is 81.5. The van der Waals surface area contributed by atoms with Gasteiger partial charge in [0, 0.05) is 25.7 Å². The standard InChI is InChI=1S/C65H122O17P2/c1-8-9-10-11-12-13-14-15-16-17-18-19-24-34-41-48-64(69)81-60(52-75-62(67)46-39-32-25-20-22-29-36-43-56(2)3)54-79-83(71,72)77-50-59(66)51-78-84(73,74)80-55-61(53-76-63(68)47-40-33-28-27-31-38-45-58(6)7)82-65(70)49-42-35-26-21-23-30-37-44-57(4)5/h13-16,56-61,66H,8-12,17-55H2,1-7H3,(H,71,72)(H,73,74)/b14-13-,16-15-/t59?,60-,61-/m1/s1. The number of hydrogen-bond acceptors (Lipinski definition) is 15. The number of allylic oxidation sites excluding steroid dienone is 4. The molecule has 0 saturated carbocycles. The van der Waals surface area contributed by atoms with Crippen molar-refractivity contribution in [2.24, 2.45) is 17.8 Å². The van der Waals surface area contributed by atoms with E-state index in [1.807, 2.05) is 0 Å². The second-order valence-corrected chi connectivity index (χ2v) is 27.2. The quantitative estimate of drug-likeness (QED) is 0.0169. The monoisotopic (exact) mass is 1240 g/mol. The molecule has 0 bridgehead atoms. The molecule has 84 heavy (non-hydrogen) atoms. The molecule has 19 heteroatoms. The van der Waals surface area contributed by atoms with E-state index in [1.54, 1.807) is 0 Å². The number of rotatable bonds is 61. The van der Waals surface area contributed by atoms with Crippen LogP contribution in [-0.4, -0.2) is 96.7 Å². The number of unbranched alkanes of at least 4 members (excludes halogenated alkanes) is 26. The Morgan fingerprint density at radius 1 is 0.369 bits per heavy atom. The van der Waals surface area contributed by atoms with Crippen LogP contribution in [0.25, 0.3) is 0 Å². The maximum Gasteiger partial charge on any atom is 0.472 e. The Kier molecular flexibility index (Phi) is 54.2. The van der Waals surface area contributed by atoms with Gasteiger partial charge in [-0.15, -0.1) is 0 Å². The molecule has 0 amide bonds. The molecule has 0 aromatic heterocycles. The molecule has 0 saturated heterocycles. The smallest absolute Gasteiger partial charge is 0.462 e. The van der Waals surface area contributed by atoms with Crippen molar-refractivity contribution >= 4 is 39.5 Å². The Balaban J connectivity index is 5.27. The summed E-state index contributed by atoms with van der Waals surface area (Å²) in [7, 11) is -9.90. The van der Waals surface area contributed by atoms with Gasteiger partial charge in [-0.2, -0.15) is 0 Å². The average molecular weight is 1240 g/mol. The van der Waals surface area contributed by atoms with E-state index in [1.165, 1.54) is 77.0 Å². The number of ether oxygens (including phenoxy) is 4. The Hall–Kier alpha value is -2.46. The minimum Gasteiger partial charge on any atom is -0.462 e. The lowest BCUT2D eigenvalue weighted by atomic mass is 10.0. The molecule has 0 aliphatic rings. The Bertz CT molecular complexity index is 1760. The molecule has 0 aliphatic heterocycles. The lowest BCUT2D eigenvalue weighted by Crippen LogP contribution is -2.30. The first-order chi connectivity index (χ1) is 40.2. The predicted molar refractivity (Wildman–Crippen MR) is 335 cm³/mol. The third-order valence-electron chi connectivity index (χ3n) is 14.3. The summed E-state index contributed by atoms with van der Waals surface area (Å²) < 4.78 is 67.9. The van der Waals surface area contributed by atoms with Gasteiger partial charge in [-0.3, -0.25) is 37.3 Å². The van der Waals surface area contributed by atoms with Crippen LogP contribution in [0, 0.1) is 17.8 Å². The zero-order chi connectivity index (χ0) is 62.4. The Labute approximate surface area is 510 Å². The molecule has 0 aromatic rings. The van der Waals surface area contributed by atoms with Crippen LogP contribution in [-0.2, 0) is 65.4 Å². The largest absolute Gasteiger partial charge is 0.472 e. The Morgan fingerprint density at radius 3 is 0.964 bits per heavy atom. The van der Waals surface area contributed by atoms with Crippen LogP contribution in [0.3, 0.4) is 0 Å². The van der Waals surface area contributed by atoms with E-state index in [4.69, 9.17) is 37.0 Å². The van der Waals surface area contributed by atoms with Crippen molar-refractivity contribution in [2.45, 2.75) is 311 Å². The third-order valence-corrected chi connectivity index (χ3v) is 16.2. The molecule has 0 heterocycles. The number of esters is 4. The highest BCUT2D eigenvalue weighted by Gasteiger charge is 2.30. The summed E-state index contributed by atoms with van der Waals surface area (Å²) >= 11 is 0. The molecule has 0 fully saturated rings. The molecular weight excluding hydrogens is 1110 g/mol. The number of hydrogen-bond donors (Lipinski definition) is 3. The van der Waals surface area contributed by atoms with Crippen molar-refractivity contribution in [2.75, 3.05) is 39.6 Å². The first-order valence-corrected chi connectivity index (χ1v) is 36.2. The lowest BCUT2D eigenvalue weighted by Gasteiger charge is -2.21. The van der Waals surface area contributed by atoms with Crippen LogP contribution in [0.2, 0.25) is 0 Å². The highest BCUT2D eigenvalue weighted by molar-refractivity contribution is 7.47. The van der Waals surface area contributed by atoms with Gasteiger partial charge in [-0.05, 0) is 69.1 Å². The molecule has 0 spiro atoms. The summed E-state index contributed by atoms with van der Waals surface area (Å²) in [5, 5.41) is 10.5. The fourth-order valence-corrected chi connectivity index (χ4v) is 10.7. The van der Waals surface area contributed by atoms with E-state index in [0.717, 1.165) is 116 Å². The third kappa shape index (κ3) is 58.6. The highest BCUT2D eigenvalue weighted by atomic mass is 31.2. The van der Waals surface area contributed by atoms with Crippen molar-refractivity contribution in [3.8, 4) is 0 Å². The summed E-state index contributed by atoms with van der Waals surface area (Å²) in [5.74, 6) is -0.0966. The summed E-state index contributed by atoms with van der Waals surface area (Å²) in [4.78, 5) is 72.2. The van der Waals surface area contributed by atoms with Crippen LogP contribution in [0.4, 0.5) is 0 Å². The molecule has 0 radical (unpaired) electrons. The van der Waals surface area contributed by atoms with Gasteiger partial charge in [0.2, 0.25) is 0 Å². The number of carbonyl (C=O) groups excluding carboxylic acids is 4. The number of aliphatic hydroxyl groups is 1. The fraction of sp³-hybridized carbons (Fsp3) is 0.877. The van der Waals surface area contributed by atoms with Crippen LogP contribution >= 0.6 is 15.6 Å². The van der Waals surface area contributed by atoms with Crippen LogP contribution in [0.15, 0.2) is 24.3 Å². The van der Waals surface area contributed by atoms with Crippen molar-refractivity contribution < 1.29 is 80.2 Å². The number of carbonyl (C=O) groups is 4. The molecule has 0 aliphatic carbocycles. The summed E-state index contributed by atoms with van der Waals surface area (Å²) in [6.07, 6.45) is 40.1. The SMILES string of the molecule is CCCCCC/C=C\C=C/CCCCCCCC(=O)O[C@H](COC(=O)CCCCCCCCCC(C)C)COP(=O)(O)OCC(O)COP(=O)(O)OC[C@@H](COC(=O)CCCCCCCCC(C)C)OC(=O)CCCCCCCCCC(C)C. The van der Waals surface area contributed by atoms with E-state index in [0.29, 0.717) is 43.4 Å². The summed E-state index contributed by atoms with van der Waals surface area (Å²) in [6, 6.07) is 0. The van der Waals surface area contributed by atoms with E-state index >= 15 is 0 Å². The van der Waals surface area contributed by atoms with Crippen LogP contribution in [0.5, 0.6) is 0 Å². The van der Waals surface area contributed by atoms with Gasteiger partial charge >= 0.3 is 39.5 Å². The molecule has 0 rings (SSSR count). The maximum absolute atomic E-state index is 13.0. The van der Waals surface area contributed by atoms with Crippen molar-refractivity contribution in [1.82, 2.24) is 0 Å². The fourth-order valence-electron chi connectivity index (χ4n) is 9.12. The van der Waals surface area contributed by atoms with Gasteiger partial charge in [-0.1, -0.05) is 240 Å². The van der Waals surface area contributed by atoms with Gasteiger partial charge < -0.3 is 33.8 Å². The molecule has 494 valence electrons. The maximum atomic E-state index is 13.0. The van der Waals surface area contributed by atoms with Gasteiger partial charge in [0.05, 0.1) is 26.4 Å². The highest BCUT2D eigenvalue weighted by Crippen LogP contribution is 2.45. The molecular formula is C65H122O17P2. The molecule has 3 N–H and O–H groups in total. The van der Waals surface area contributed by atoms with Gasteiger partial charge in [0.1, 0.15) is 19.3 Å². The molecule has 17 nitrogen and oxygen atoms in total. The van der Waals surface area contributed by atoms with Crippen molar-refractivity contribution in [3.05, 3.63) is 24.3 Å². The first-order valence-electron chi connectivity index (χ1n) is 33.2. The van der Waals surface area contributed by atoms with Crippen molar-refractivity contribution in [3.63, 3.8) is 0 Å². The summed E-state index contributed by atoms with van der Waals surface area (Å²) in [6.45, 7) is 11.5. The number of phosphoric acid groups is 2. The molecule has 0 aromatic carbocycles. The van der Waals surface area contributed by atoms with E-state index in [-0.39, 0.29) is 25.7 Å². The van der Waals surface area contributed by atoms with Crippen molar-refractivity contribution in [1.29, 1.82) is 0 Å². The van der Waals surface area contributed by atoms with Crippen LogP contribution < -0.4 is 0 Å². The second kappa shape index (κ2) is 55.8. The van der Waals surface area contributed by atoms with Crippen LogP contribution in [0.1, 0.15) is 292 Å². The van der Waals surface area contributed by atoms with E-state index in [9.17, 15) is 43.2 Å². The lowest BCUT2D eigenvalue weighted by molar-refractivity contribution is -0.161. The Morgan fingerprint density at radius 2 is 0.643 bits per heavy atom. The topological polar surface area (TPSA) is 237 Å². The minimum atomic E-state index is -4.95. The second-order valence-electron chi connectivity index (χ2n) is 24.2. The number of phosphoric ester groups is 2. The predicted octanol–water partition coefficient (Wildman–Crippen LogP) is 17.4.